The first-order valence-electron chi connectivity index (χ1n) is 7.18. The third-order valence-corrected chi connectivity index (χ3v) is 4.32. The van der Waals surface area contributed by atoms with Gasteiger partial charge in [-0.25, -0.2) is 0 Å². The fraction of sp³-hybridized carbons (Fsp3) is 0.235. The van der Waals surface area contributed by atoms with Crippen LogP contribution in [-0.4, -0.2) is 18.8 Å². The average molecular weight is 333 g/mol. The quantitative estimate of drug-likeness (QED) is 0.818. The summed E-state index contributed by atoms with van der Waals surface area (Å²) in [4.78, 5) is 2.14. The highest BCUT2D eigenvalue weighted by atomic mass is 35.5. The van der Waals surface area contributed by atoms with Gasteiger partial charge in [0.25, 0.3) is 0 Å². The predicted octanol–water partition coefficient (Wildman–Crippen LogP) is 4.50. The minimum Gasteiger partial charge on any atom is -0.497 e. The summed E-state index contributed by atoms with van der Waals surface area (Å²) in [6.45, 7) is 0.915. The molecule has 1 heterocycles. The highest BCUT2D eigenvalue weighted by molar-refractivity contribution is 7.80. The van der Waals surface area contributed by atoms with E-state index in [0.717, 1.165) is 36.5 Å². The van der Waals surface area contributed by atoms with Crippen LogP contribution in [0.25, 0.3) is 0 Å². The Bertz CT molecular complexity index is 688. The largest absolute Gasteiger partial charge is 0.497 e. The number of nitrogens with one attached hydrogen (secondary N) is 1. The molecule has 0 saturated carbocycles. The molecule has 0 amide bonds. The van der Waals surface area contributed by atoms with E-state index in [0.29, 0.717) is 10.1 Å². The van der Waals surface area contributed by atoms with Crippen LogP contribution in [0, 0.1) is 0 Å². The number of anilines is 2. The van der Waals surface area contributed by atoms with Gasteiger partial charge in [-0.05, 0) is 73.1 Å². The second-order valence-corrected chi connectivity index (χ2v) is 6.01. The van der Waals surface area contributed by atoms with Gasteiger partial charge in [0.15, 0.2) is 5.11 Å². The number of nitrogens with zero attached hydrogens (tertiary/aromatic N) is 1. The third-order valence-electron chi connectivity index (χ3n) is 3.75. The van der Waals surface area contributed by atoms with Crippen molar-refractivity contribution < 1.29 is 4.74 Å². The van der Waals surface area contributed by atoms with Gasteiger partial charge in [-0.2, -0.15) is 0 Å². The zero-order valence-corrected chi connectivity index (χ0v) is 13.9. The predicted molar refractivity (Wildman–Crippen MR) is 96.3 cm³/mol. The Balaban J connectivity index is 1.81. The number of aryl methyl sites for hydroxylation is 1. The lowest BCUT2D eigenvalue weighted by atomic mass is 10.0. The molecule has 0 saturated heterocycles. The maximum absolute atomic E-state index is 5.91. The first kappa shape index (κ1) is 15.1. The van der Waals surface area contributed by atoms with E-state index >= 15 is 0 Å². The number of benzene rings is 2. The molecule has 0 aliphatic carbocycles. The van der Waals surface area contributed by atoms with Crippen molar-refractivity contribution in [1.29, 1.82) is 0 Å². The molecule has 1 aliphatic heterocycles. The normalized spacial score (nSPS) is 13.5. The minimum absolute atomic E-state index is 0.702. The number of thiocarbonyl (C=S) groups is 1. The molecule has 0 aromatic heterocycles. The first-order valence-corrected chi connectivity index (χ1v) is 7.97. The Morgan fingerprint density at radius 1 is 1.23 bits per heavy atom. The summed E-state index contributed by atoms with van der Waals surface area (Å²) in [7, 11) is 1.69. The number of rotatable bonds is 2. The van der Waals surface area contributed by atoms with Gasteiger partial charge in [-0.15, -0.1) is 0 Å². The van der Waals surface area contributed by atoms with Crippen molar-refractivity contribution in [2.75, 3.05) is 23.9 Å². The molecule has 0 fully saturated rings. The fourth-order valence-electron chi connectivity index (χ4n) is 2.64. The average Bonchev–Trinajstić information content (AvgIpc) is 2.55. The Morgan fingerprint density at radius 2 is 2.00 bits per heavy atom. The number of hydrogen-bond donors (Lipinski definition) is 1. The van der Waals surface area contributed by atoms with Crippen molar-refractivity contribution in [2.45, 2.75) is 12.8 Å². The van der Waals surface area contributed by atoms with E-state index < -0.39 is 0 Å². The van der Waals surface area contributed by atoms with Gasteiger partial charge in [0, 0.05) is 22.9 Å². The van der Waals surface area contributed by atoms with Crippen molar-refractivity contribution in [3.8, 4) is 5.75 Å². The molecule has 5 heteroatoms. The molecule has 0 spiro atoms. The number of halogens is 1. The van der Waals surface area contributed by atoms with Crippen LogP contribution in [0.5, 0.6) is 5.75 Å². The summed E-state index contributed by atoms with van der Waals surface area (Å²) >= 11 is 11.5. The lowest BCUT2D eigenvalue weighted by Gasteiger charge is -2.32. The SMILES string of the molecule is COc1ccc2c(c1)CCCN2C(=S)Nc1ccc(Cl)cc1. The van der Waals surface area contributed by atoms with Crippen LogP contribution in [0.3, 0.4) is 0 Å². The summed E-state index contributed by atoms with van der Waals surface area (Å²) in [6, 6.07) is 13.7. The molecule has 22 heavy (non-hydrogen) atoms. The molecular formula is C17H17ClN2OS. The lowest BCUT2D eigenvalue weighted by Crippen LogP contribution is -2.38. The molecule has 2 aromatic rings. The standard InChI is InChI=1S/C17H17ClN2OS/c1-21-15-8-9-16-12(11-15)3-2-10-20(16)17(22)19-14-6-4-13(18)5-7-14/h4-9,11H,2-3,10H2,1H3,(H,19,22). The molecule has 1 aliphatic rings. The summed E-state index contributed by atoms with van der Waals surface area (Å²) in [6.07, 6.45) is 2.12. The first-order chi connectivity index (χ1) is 10.7. The maximum atomic E-state index is 5.91. The van der Waals surface area contributed by atoms with E-state index in [2.05, 4.69) is 22.3 Å². The molecule has 0 atom stereocenters. The highest BCUT2D eigenvalue weighted by Crippen LogP contribution is 2.31. The number of methoxy groups -OCH3 is 1. The van der Waals surface area contributed by atoms with Crippen LogP contribution >= 0.6 is 23.8 Å². The Hall–Kier alpha value is -1.78. The smallest absolute Gasteiger partial charge is 0.177 e. The molecule has 1 N–H and O–H groups in total. The van der Waals surface area contributed by atoms with Gasteiger partial charge in [0.05, 0.1) is 7.11 Å². The molecular weight excluding hydrogens is 316 g/mol. The summed E-state index contributed by atoms with van der Waals surface area (Å²) in [5.41, 5.74) is 3.36. The van der Waals surface area contributed by atoms with Crippen molar-refractivity contribution in [3.63, 3.8) is 0 Å². The van der Waals surface area contributed by atoms with Gasteiger partial charge in [-0.3, -0.25) is 0 Å². The molecule has 114 valence electrons. The van der Waals surface area contributed by atoms with Gasteiger partial charge in [0.2, 0.25) is 0 Å². The van der Waals surface area contributed by atoms with E-state index in [1.54, 1.807) is 7.11 Å². The second-order valence-electron chi connectivity index (χ2n) is 5.19. The monoisotopic (exact) mass is 332 g/mol. The zero-order chi connectivity index (χ0) is 15.5. The van der Waals surface area contributed by atoms with Gasteiger partial charge >= 0.3 is 0 Å². The fourth-order valence-corrected chi connectivity index (χ4v) is 3.07. The van der Waals surface area contributed by atoms with Crippen LogP contribution in [0.1, 0.15) is 12.0 Å². The molecule has 0 bridgehead atoms. The number of hydrogen-bond acceptors (Lipinski definition) is 2. The Labute approximate surface area is 140 Å². The van der Waals surface area contributed by atoms with Gasteiger partial charge < -0.3 is 15.0 Å². The zero-order valence-electron chi connectivity index (χ0n) is 12.3. The molecule has 3 nitrogen and oxygen atoms in total. The van der Waals surface area contributed by atoms with E-state index in [1.807, 2.05) is 30.3 Å². The van der Waals surface area contributed by atoms with Crippen molar-refractivity contribution in [1.82, 2.24) is 0 Å². The summed E-state index contributed by atoms with van der Waals surface area (Å²) < 4.78 is 5.30. The second kappa shape index (κ2) is 6.55. The third kappa shape index (κ3) is 3.18. The number of ether oxygens (including phenoxy) is 1. The van der Waals surface area contributed by atoms with Crippen molar-refractivity contribution in [3.05, 3.63) is 53.1 Å². The molecule has 0 radical (unpaired) electrons. The van der Waals surface area contributed by atoms with E-state index in [1.165, 1.54) is 5.56 Å². The minimum atomic E-state index is 0.702. The maximum Gasteiger partial charge on any atom is 0.177 e. The Kier molecular flexibility index (Phi) is 4.50. The van der Waals surface area contributed by atoms with Crippen molar-refractivity contribution >= 4 is 40.3 Å². The lowest BCUT2D eigenvalue weighted by molar-refractivity contribution is 0.414. The van der Waals surface area contributed by atoms with E-state index in [4.69, 9.17) is 28.6 Å². The number of fused-ring (bicyclic) bond motifs is 1. The van der Waals surface area contributed by atoms with Crippen LogP contribution in [-0.2, 0) is 6.42 Å². The molecule has 3 rings (SSSR count). The Morgan fingerprint density at radius 3 is 2.73 bits per heavy atom. The van der Waals surface area contributed by atoms with Crippen molar-refractivity contribution in [2.24, 2.45) is 0 Å². The van der Waals surface area contributed by atoms with E-state index in [9.17, 15) is 0 Å². The topological polar surface area (TPSA) is 24.5 Å². The van der Waals surface area contributed by atoms with Crippen LogP contribution < -0.4 is 15.0 Å². The summed E-state index contributed by atoms with van der Waals surface area (Å²) in [5.74, 6) is 0.886. The highest BCUT2D eigenvalue weighted by Gasteiger charge is 2.20. The van der Waals surface area contributed by atoms with E-state index in [-0.39, 0.29) is 0 Å². The van der Waals surface area contributed by atoms with Gasteiger partial charge in [-0.1, -0.05) is 11.6 Å². The summed E-state index contributed by atoms with van der Waals surface area (Å²) in [5, 5.41) is 4.69. The van der Waals surface area contributed by atoms with Gasteiger partial charge in [0.1, 0.15) is 5.75 Å². The molecule has 2 aromatic carbocycles. The van der Waals surface area contributed by atoms with Crippen LogP contribution in [0.4, 0.5) is 11.4 Å². The van der Waals surface area contributed by atoms with Crippen LogP contribution in [0.2, 0.25) is 5.02 Å². The molecule has 0 unspecified atom stereocenters. The van der Waals surface area contributed by atoms with Crippen LogP contribution in [0.15, 0.2) is 42.5 Å².